The Morgan fingerprint density at radius 3 is 2.36 bits per heavy atom. The van der Waals surface area contributed by atoms with E-state index < -0.39 is 41.1 Å². The van der Waals surface area contributed by atoms with Crippen LogP contribution in [0, 0.1) is 10.1 Å². The first-order chi connectivity index (χ1) is 15.6. The maximum absolute atomic E-state index is 12.5. The molecule has 5 N–H and O–H groups in total. The lowest BCUT2D eigenvalue weighted by Gasteiger charge is -2.26. The molecule has 33 heavy (non-hydrogen) atoms. The summed E-state index contributed by atoms with van der Waals surface area (Å²) < 4.78 is 12.5. The van der Waals surface area contributed by atoms with Gasteiger partial charge in [-0.15, -0.1) is 0 Å². The number of H-pyrrole nitrogens is 2. The van der Waals surface area contributed by atoms with Crippen molar-refractivity contribution in [3.8, 4) is 0 Å². The van der Waals surface area contributed by atoms with Crippen molar-refractivity contribution >= 4 is 35.1 Å². The number of hydrogen-bond donors (Lipinski definition) is 5. The molecule has 0 spiro atoms. The van der Waals surface area contributed by atoms with Crippen LogP contribution in [0.3, 0.4) is 0 Å². The van der Waals surface area contributed by atoms with Crippen molar-refractivity contribution in [3.05, 3.63) is 96.5 Å². The van der Waals surface area contributed by atoms with Gasteiger partial charge in [0.2, 0.25) is 0 Å². The van der Waals surface area contributed by atoms with Gasteiger partial charge in [-0.25, -0.2) is 0 Å². The van der Waals surface area contributed by atoms with Crippen LogP contribution in [-0.4, -0.2) is 24.7 Å². The monoisotopic (exact) mass is 470 g/mol. The lowest BCUT2D eigenvalue weighted by atomic mass is 9.99. The first kappa shape index (κ1) is 22.6. The number of nitrogens with one attached hydrogen (secondary N) is 3. The second-order valence-electron chi connectivity index (χ2n) is 7.57. The molecule has 4 rings (SSSR count). The van der Waals surface area contributed by atoms with Crippen LogP contribution in [0.5, 0.6) is 0 Å². The molecule has 170 valence electrons. The molecule has 0 amide bonds. The predicted octanol–water partition coefficient (Wildman–Crippen LogP) is 2.80. The van der Waals surface area contributed by atoms with E-state index >= 15 is 0 Å². The molecule has 0 unspecified atom stereocenters. The second kappa shape index (κ2) is 8.38. The number of nitrogens with zero attached hydrogens (tertiary/aromatic N) is 1. The zero-order valence-corrected chi connectivity index (χ0v) is 18.1. The summed E-state index contributed by atoms with van der Waals surface area (Å²) in [4.78, 5) is 59.2. The Labute approximate surface area is 185 Å². The number of non-ortho nitro benzene ring substituents is 1. The quantitative estimate of drug-likeness (QED) is 0.124. The van der Waals surface area contributed by atoms with E-state index in [1.54, 1.807) is 6.92 Å². The molecule has 3 aromatic carbocycles. The van der Waals surface area contributed by atoms with Crippen molar-refractivity contribution in [1.82, 2.24) is 15.3 Å². The van der Waals surface area contributed by atoms with Gasteiger partial charge in [-0.3, -0.25) is 29.6 Å². The van der Waals surface area contributed by atoms with Crippen LogP contribution in [0.1, 0.15) is 29.9 Å². The Kier molecular flexibility index (Phi) is 5.73. The summed E-state index contributed by atoms with van der Waals surface area (Å²) >= 11 is 0. The molecule has 4 aromatic rings. The smallest absolute Gasteiger partial charge is 0.323 e. The molecule has 2 atom stereocenters. The average molecular weight is 470 g/mol. The number of aromatic nitrogens is 2. The van der Waals surface area contributed by atoms with E-state index in [-0.39, 0.29) is 16.6 Å². The highest BCUT2D eigenvalue weighted by molar-refractivity contribution is 7.52. The highest BCUT2D eigenvalue weighted by Crippen LogP contribution is 2.52. The molecule has 0 radical (unpaired) electrons. The first-order valence-electron chi connectivity index (χ1n) is 9.80. The minimum Gasteiger partial charge on any atom is -0.323 e. The standard InChI is InChI=1S/C21H19N4O7P/c1-11(14-8-4-6-12-5-2-3-7-15(12)14)22-21(33(30,31)32)16-9-13(25(28)29)10-17-18(16)24-20(27)19(26)23-17/h2-11,21-22H,1H3,(H,23,26)(H,24,27)(H2,30,31,32)/t11-,21-/m0/s1. The van der Waals surface area contributed by atoms with Gasteiger partial charge in [0.25, 0.3) is 5.69 Å². The summed E-state index contributed by atoms with van der Waals surface area (Å²) in [6.45, 7) is 1.70. The van der Waals surface area contributed by atoms with Crippen LogP contribution in [-0.2, 0) is 4.57 Å². The van der Waals surface area contributed by atoms with E-state index in [0.29, 0.717) is 0 Å². The van der Waals surface area contributed by atoms with Crippen LogP contribution in [0.4, 0.5) is 5.69 Å². The van der Waals surface area contributed by atoms with Gasteiger partial charge in [0, 0.05) is 23.7 Å². The third kappa shape index (κ3) is 4.35. The predicted molar refractivity (Wildman–Crippen MR) is 122 cm³/mol. The fourth-order valence-electron chi connectivity index (χ4n) is 3.88. The number of aromatic amines is 2. The summed E-state index contributed by atoms with van der Waals surface area (Å²) in [5.41, 5.74) is -2.30. The molecule has 12 heteroatoms. The van der Waals surface area contributed by atoms with Gasteiger partial charge in [0.05, 0.1) is 16.0 Å². The minimum absolute atomic E-state index is 0.115. The minimum atomic E-state index is -4.96. The van der Waals surface area contributed by atoms with Crippen molar-refractivity contribution < 1.29 is 19.3 Å². The van der Waals surface area contributed by atoms with Crippen molar-refractivity contribution in [1.29, 1.82) is 0 Å². The highest BCUT2D eigenvalue weighted by atomic mass is 31.2. The van der Waals surface area contributed by atoms with Crippen LogP contribution in [0.25, 0.3) is 21.8 Å². The van der Waals surface area contributed by atoms with Crippen LogP contribution >= 0.6 is 7.60 Å². The lowest BCUT2D eigenvalue weighted by Crippen LogP contribution is -2.30. The number of hydrogen-bond acceptors (Lipinski definition) is 6. The third-order valence-electron chi connectivity index (χ3n) is 5.39. The molecule has 11 nitrogen and oxygen atoms in total. The number of fused-ring (bicyclic) bond motifs is 2. The third-order valence-corrected chi connectivity index (χ3v) is 6.49. The molecule has 1 heterocycles. The van der Waals surface area contributed by atoms with E-state index in [1.165, 1.54) is 0 Å². The molecule has 0 saturated heterocycles. The molecule has 0 aliphatic rings. The summed E-state index contributed by atoms with van der Waals surface area (Å²) in [5, 5.41) is 16.1. The maximum Gasteiger partial charge on any atom is 0.346 e. The zero-order valence-electron chi connectivity index (χ0n) is 17.2. The van der Waals surface area contributed by atoms with Crippen LogP contribution < -0.4 is 16.4 Å². The van der Waals surface area contributed by atoms with Crippen molar-refractivity contribution in [2.45, 2.75) is 18.7 Å². The normalized spacial score (nSPS) is 13.8. The van der Waals surface area contributed by atoms with E-state index in [0.717, 1.165) is 28.5 Å². The van der Waals surface area contributed by atoms with Gasteiger partial charge in [-0.1, -0.05) is 42.5 Å². The van der Waals surface area contributed by atoms with Crippen LogP contribution in [0.2, 0.25) is 0 Å². The zero-order chi connectivity index (χ0) is 23.9. The Bertz CT molecular complexity index is 1550. The van der Waals surface area contributed by atoms with E-state index in [1.807, 2.05) is 42.5 Å². The average Bonchev–Trinajstić information content (AvgIpc) is 2.76. The SMILES string of the molecule is C[C@H](N[C@H](c1cc([N+](=O)[O-])cc2[nH]c(=O)c(=O)[nH]c12)P(=O)(O)O)c1cccc2ccccc12. The van der Waals surface area contributed by atoms with Crippen molar-refractivity contribution in [3.63, 3.8) is 0 Å². The summed E-state index contributed by atoms with van der Waals surface area (Å²) in [5.74, 6) is -1.71. The Balaban J connectivity index is 1.90. The Hall–Kier alpha value is -3.63. The summed E-state index contributed by atoms with van der Waals surface area (Å²) in [6, 6.07) is 14.4. The largest absolute Gasteiger partial charge is 0.346 e. The van der Waals surface area contributed by atoms with E-state index in [9.17, 15) is 34.1 Å². The van der Waals surface area contributed by atoms with Crippen molar-refractivity contribution in [2.75, 3.05) is 0 Å². The molecule has 0 aliphatic carbocycles. The molecular weight excluding hydrogens is 451 g/mol. The van der Waals surface area contributed by atoms with Crippen molar-refractivity contribution in [2.24, 2.45) is 0 Å². The Morgan fingerprint density at radius 1 is 1.00 bits per heavy atom. The van der Waals surface area contributed by atoms with Gasteiger partial charge in [0.15, 0.2) is 0 Å². The highest BCUT2D eigenvalue weighted by Gasteiger charge is 2.35. The Morgan fingerprint density at radius 2 is 1.67 bits per heavy atom. The number of benzene rings is 3. The number of nitro benzene ring substituents is 1. The van der Waals surface area contributed by atoms with E-state index in [4.69, 9.17) is 0 Å². The number of nitro groups is 1. The number of rotatable bonds is 6. The second-order valence-corrected chi connectivity index (χ2v) is 9.27. The van der Waals surface area contributed by atoms with Gasteiger partial charge >= 0.3 is 18.7 Å². The lowest BCUT2D eigenvalue weighted by molar-refractivity contribution is -0.384. The van der Waals surface area contributed by atoms with Gasteiger partial charge < -0.3 is 19.8 Å². The van der Waals surface area contributed by atoms with Gasteiger partial charge in [0.1, 0.15) is 5.78 Å². The maximum atomic E-state index is 12.5. The van der Waals surface area contributed by atoms with Crippen LogP contribution in [0.15, 0.2) is 64.2 Å². The fourth-order valence-corrected chi connectivity index (χ4v) is 4.86. The van der Waals surface area contributed by atoms with E-state index in [2.05, 4.69) is 15.3 Å². The fraction of sp³-hybridized carbons (Fsp3) is 0.143. The molecule has 0 saturated carbocycles. The van der Waals surface area contributed by atoms with Gasteiger partial charge in [-0.05, 0) is 23.3 Å². The summed E-state index contributed by atoms with van der Waals surface area (Å²) in [7, 11) is -4.96. The molecule has 0 aliphatic heterocycles. The summed E-state index contributed by atoms with van der Waals surface area (Å²) in [6.07, 6.45) is 0. The topological polar surface area (TPSA) is 178 Å². The molecule has 1 aromatic heterocycles. The molecular formula is C21H19N4O7P. The molecule has 0 bridgehead atoms. The van der Waals surface area contributed by atoms with Gasteiger partial charge in [-0.2, -0.15) is 0 Å². The first-order valence-corrected chi connectivity index (χ1v) is 11.5. The molecule has 0 fully saturated rings.